The van der Waals surface area contributed by atoms with E-state index in [1.807, 2.05) is 18.2 Å². The molecule has 0 fully saturated rings. The summed E-state index contributed by atoms with van der Waals surface area (Å²) in [6.45, 7) is 0. The molecule has 2 rings (SSSR count). The third-order valence-corrected chi connectivity index (χ3v) is 3.47. The Balaban J connectivity index is 2.04. The third kappa shape index (κ3) is 3.83. The molecule has 102 valence electrons. The number of amides is 2. The molecule has 1 heterocycles. The van der Waals surface area contributed by atoms with Crippen LogP contribution in [-0.2, 0) is 0 Å². The molecule has 1 aromatic heterocycles. The van der Waals surface area contributed by atoms with Gasteiger partial charge in [-0.15, -0.1) is 0 Å². The third-order valence-electron chi connectivity index (χ3n) is 2.46. The predicted octanol–water partition coefficient (Wildman–Crippen LogP) is 2.55. The summed E-state index contributed by atoms with van der Waals surface area (Å²) >= 11 is 1.26. The smallest absolute Gasteiger partial charge is 0.316 e. The highest BCUT2D eigenvalue weighted by molar-refractivity contribution is 8.00. The number of primary amides is 1. The lowest BCUT2D eigenvalue weighted by Crippen LogP contribution is -2.20. The van der Waals surface area contributed by atoms with E-state index in [1.54, 1.807) is 30.5 Å². The standard InChI is InChI=1S/C14H13N3O2S/c15-14(19)17-11-7-4-8-16-13(11)20-9-12(18)10-5-2-1-3-6-10/h1-8H,9H2,(H3,15,17,19). The monoisotopic (exact) mass is 287 g/mol. The van der Waals surface area contributed by atoms with Gasteiger partial charge in [-0.2, -0.15) is 0 Å². The van der Waals surface area contributed by atoms with Gasteiger partial charge in [-0.3, -0.25) is 4.79 Å². The number of carbonyl (C=O) groups is 2. The first-order chi connectivity index (χ1) is 9.66. The number of rotatable bonds is 5. The Morgan fingerprint density at radius 2 is 1.90 bits per heavy atom. The molecule has 2 aromatic rings. The average molecular weight is 287 g/mol. The van der Waals surface area contributed by atoms with Crippen LogP contribution in [0.3, 0.4) is 0 Å². The van der Waals surface area contributed by atoms with Gasteiger partial charge in [0.15, 0.2) is 5.78 Å². The summed E-state index contributed by atoms with van der Waals surface area (Å²) in [5, 5.41) is 3.05. The lowest BCUT2D eigenvalue weighted by molar-refractivity contribution is 0.102. The first kappa shape index (κ1) is 14.1. The Morgan fingerprint density at radius 1 is 1.15 bits per heavy atom. The van der Waals surface area contributed by atoms with Gasteiger partial charge in [0.05, 0.1) is 11.4 Å². The molecule has 0 bridgehead atoms. The maximum absolute atomic E-state index is 12.0. The lowest BCUT2D eigenvalue weighted by Gasteiger charge is -2.07. The summed E-state index contributed by atoms with van der Waals surface area (Å²) in [7, 11) is 0. The van der Waals surface area contributed by atoms with Crippen LogP contribution in [0.25, 0.3) is 0 Å². The minimum absolute atomic E-state index is 0.00581. The molecule has 3 N–H and O–H groups in total. The van der Waals surface area contributed by atoms with Gasteiger partial charge in [0.25, 0.3) is 0 Å². The summed E-state index contributed by atoms with van der Waals surface area (Å²) in [6.07, 6.45) is 1.60. The minimum Gasteiger partial charge on any atom is -0.351 e. The number of benzene rings is 1. The maximum atomic E-state index is 12.0. The van der Waals surface area contributed by atoms with E-state index in [0.29, 0.717) is 16.3 Å². The number of carbonyl (C=O) groups excluding carboxylic acids is 2. The zero-order valence-corrected chi connectivity index (χ0v) is 11.4. The Labute approximate surface area is 120 Å². The van der Waals surface area contributed by atoms with Crippen molar-refractivity contribution in [3.8, 4) is 0 Å². The van der Waals surface area contributed by atoms with Gasteiger partial charge in [-0.05, 0) is 12.1 Å². The quantitative estimate of drug-likeness (QED) is 0.653. The van der Waals surface area contributed by atoms with Crippen LogP contribution < -0.4 is 11.1 Å². The molecule has 0 aliphatic rings. The molecule has 0 aliphatic heterocycles. The van der Waals surface area contributed by atoms with E-state index in [1.165, 1.54) is 11.8 Å². The highest BCUT2D eigenvalue weighted by atomic mass is 32.2. The zero-order valence-electron chi connectivity index (χ0n) is 10.6. The van der Waals surface area contributed by atoms with Crippen LogP contribution in [0.2, 0.25) is 0 Å². The maximum Gasteiger partial charge on any atom is 0.316 e. The zero-order chi connectivity index (χ0) is 14.4. The molecular weight excluding hydrogens is 274 g/mol. The number of hydrogen-bond acceptors (Lipinski definition) is 4. The van der Waals surface area contributed by atoms with Crippen LogP contribution in [0.4, 0.5) is 10.5 Å². The van der Waals surface area contributed by atoms with Crippen molar-refractivity contribution >= 4 is 29.3 Å². The number of nitrogens with one attached hydrogen (secondary N) is 1. The topological polar surface area (TPSA) is 85.1 Å². The number of aromatic nitrogens is 1. The normalized spacial score (nSPS) is 10.0. The van der Waals surface area contributed by atoms with Crippen molar-refractivity contribution in [3.63, 3.8) is 0 Å². The average Bonchev–Trinajstić information content (AvgIpc) is 2.46. The molecule has 0 unspecified atom stereocenters. The number of anilines is 1. The Morgan fingerprint density at radius 3 is 2.60 bits per heavy atom. The van der Waals surface area contributed by atoms with Crippen LogP contribution in [0.5, 0.6) is 0 Å². The summed E-state index contributed by atoms with van der Waals surface area (Å²) in [5.74, 6) is 0.250. The second-order valence-corrected chi connectivity index (χ2v) is 4.89. The molecule has 5 nitrogen and oxygen atoms in total. The number of nitrogens with zero attached hydrogens (tertiary/aromatic N) is 1. The van der Waals surface area contributed by atoms with Gasteiger partial charge < -0.3 is 11.1 Å². The van der Waals surface area contributed by atoms with Gasteiger partial charge in [0.2, 0.25) is 0 Å². The number of urea groups is 1. The molecule has 1 aromatic carbocycles. The first-order valence-electron chi connectivity index (χ1n) is 5.89. The van der Waals surface area contributed by atoms with Crippen LogP contribution in [0.1, 0.15) is 10.4 Å². The molecule has 0 aliphatic carbocycles. The van der Waals surface area contributed by atoms with E-state index >= 15 is 0 Å². The molecular formula is C14H13N3O2S. The van der Waals surface area contributed by atoms with Crippen LogP contribution >= 0.6 is 11.8 Å². The highest BCUT2D eigenvalue weighted by Gasteiger charge is 2.10. The Kier molecular flexibility index (Phi) is 4.73. The molecule has 0 saturated heterocycles. The number of nitrogens with two attached hydrogens (primary N) is 1. The number of ketones is 1. The fourth-order valence-electron chi connectivity index (χ4n) is 1.57. The molecule has 2 amide bonds. The number of pyridine rings is 1. The van der Waals surface area contributed by atoms with Gasteiger partial charge in [0.1, 0.15) is 5.03 Å². The van der Waals surface area contributed by atoms with Crippen molar-refractivity contribution in [1.82, 2.24) is 4.98 Å². The number of hydrogen-bond donors (Lipinski definition) is 2. The van der Waals surface area contributed by atoms with Crippen LogP contribution in [0, 0.1) is 0 Å². The summed E-state index contributed by atoms with van der Waals surface area (Å²) in [4.78, 5) is 27.0. The number of Topliss-reactive ketones (excluding diaryl/α,β-unsaturated/α-hetero) is 1. The summed E-state index contributed by atoms with van der Waals surface area (Å²) in [5.41, 5.74) is 6.24. The van der Waals surface area contributed by atoms with E-state index < -0.39 is 6.03 Å². The fourth-order valence-corrected chi connectivity index (χ4v) is 2.42. The highest BCUT2D eigenvalue weighted by Crippen LogP contribution is 2.25. The molecule has 0 radical (unpaired) electrons. The molecule has 20 heavy (non-hydrogen) atoms. The van der Waals surface area contributed by atoms with Gasteiger partial charge in [-0.25, -0.2) is 9.78 Å². The van der Waals surface area contributed by atoms with Crippen molar-refractivity contribution < 1.29 is 9.59 Å². The molecule has 0 spiro atoms. The van der Waals surface area contributed by atoms with Gasteiger partial charge in [0, 0.05) is 11.8 Å². The molecule has 0 atom stereocenters. The van der Waals surface area contributed by atoms with Gasteiger partial charge >= 0.3 is 6.03 Å². The fraction of sp³-hybridized carbons (Fsp3) is 0.0714. The van der Waals surface area contributed by atoms with Crippen molar-refractivity contribution in [2.75, 3.05) is 11.1 Å². The SMILES string of the molecule is NC(=O)Nc1cccnc1SCC(=O)c1ccccc1. The molecule has 0 saturated carbocycles. The van der Waals surface area contributed by atoms with Crippen LogP contribution in [-0.4, -0.2) is 22.6 Å². The predicted molar refractivity (Wildman–Crippen MR) is 78.9 cm³/mol. The number of thioether (sulfide) groups is 1. The van der Waals surface area contributed by atoms with Crippen LogP contribution in [0.15, 0.2) is 53.7 Å². The first-order valence-corrected chi connectivity index (χ1v) is 6.88. The van der Waals surface area contributed by atoms with Crippen molar-refractivity contribution in [2.45, 2.75) is 5.03 Å². The van der Waals surface area contributed by atoms with Crippen molar-refractivity contribution in [1.29, 1.82) is 0 Å². The van der Waals surface area contributed by atoms with E-state index in [9.17, 15) is 9.59 Å². The largest absolute Gasteiger partial charge is 0.351 e. The summed E-state index contributed by atoms with van der Waals surface area (Å²) < 4.78 is 0. The van der Waals surface area contributed by atoms with E-state index in [-0.39, 0.29) is 11.5 Å². The Hall–Kier alpha value is -2.34. The van der Waals surface area contributed by atoms with E-state index in [4.69, 9.17) is 5.73 Å². The lowest BCUT2D eigenvalue weighted by atomic mass is 10.2. The molecule has 6 heteroatoms. The van der Waals surface area contributed by atoms with Gasteiger partial charge in [-0.1, -0.05) is 42.1 Å². The van der Waals surface area contributed by atoms with E-state index in [0.717, 1.165) is 0 Å². The van der Waals surface area contributed by atoms with E-state index in [2.05, 4.69) is 10.3 Å². The second-order valence-electron chi connectivity index (χ2n) is 3.92. The van der Waals surface area contributed by atoms with Crippen molar-refractivity contribution in [3.05, 3.63) is 54.2 Å². The second kappa shape index (κ2) is 6.72. The Bertz CT molecular complexity index is 617. The van der Waals surface area contributed by atoms with Crippen molar-refractivity contribution in [2.24, 2.45) is 5.73 Å². The minimum atomic E-state index is -0.658. The summed E-state index contributed by atoms with van der Waals surface area (Å²) in [6, 6.07) is 11.7.